The number of hydrogen-bond donors (Lipinski definition) is 1. The van der Waals surface area contributed by atoms with Crippen LogP contribution < -0.4 is 5.32 Å². The van der Waals surface area contributed by atoms with Crippen molar-refractivity contribution in [2.24, 2.45) is 5.92 Å². The monoisotopic (exact) mass is 417 g/mol. The lowest BCUT2D eigenvalue weighted by Crippen LogP contribution is -2.53. The van der Waals surface area contributed by atoms with Crippen molar-refractivity contribution in [3.05, 3.63) is 66.0 Å². The molecule has 2 aromatic rings. The Hall–Kier alpha value is -2.45. The molecule has 8 heteroatoms. The number of benzene rings is 2. The number of rotatable bonds is 5. The second-order valence-corrected chi connectivity index (χ2v) is 9.46. The number of sulfonamides is 1. The Bertz CT molecular complexity index is 954. The first kappa shape index (κ1) is 19.8. The molecule has 0 bridgehead atoms. The van der Waals surface area contributed by atoms with Gasteiger partial charge in [-0.25, -0.2) is 17.6 Å². The molecule has 1 saturated heterocycles. The summed E-state index contributed by atoms with van der Waals surface area (Å²) in [7, 11) is -3.69. The third kappa shape index (κ3) is 4.43. The van der Waals surface area contributed by atoms with Crippen LogP contribution >= 0.6 is 0 Å². The predicted octanol–water partition coefficient (Wildman–Crippen LogP) is 2.99. The van der Waals surface area contributed by atoms with E-state index in [2.05, 4.69) is 5.32 Å². The summed E-state index contributed by atoms with van der Waals surface area (Å²) in [5.74, 6) is -0.0180. The normalized spacial score (nSPS) is 19.0. The van der Waals surface area contributed by atoms with E-state index in [0.29, 0.717) is 19.0 Å². The van der Waals surface area contributed by atoms with Crippen molar-refractivity contribution in [3.63, 3.8) is 0 Å². The van der Waals surface area contributed by atoms with Crippen molar-refractivity contribution in [2.75, 3.05) is 26.2 Å². The van der Waals surface area contributed by atoms with Crippen LogP contribution in [-0.2, 0) is 10.0 Å². The molecule has 2 aliphatic rings. The van der Waals surface area contributed by atoms with E-state index in [1.54, 1.807) is 4.90 Å². The molecule has 4 rings (SSSR count). The average Bonchev–Trinajstić information content (AvgIpc) is 3.58. The Labute approximate surface area is 170 Å². The molecule has 1 aliphatic heterocycles. The molecular weight excluding hydrogens is 393 g/mol. The first-order valence-corrected chi connectivity index (χ1v) is 11.3. The zero-order valence-corrected chi connectivity index (χ0v) is 16.8. The molecule has 1 saturated carbocycles. The van der Waals surface area contributed by atoms with Crippen molar-refractivity contribution < 1.29 is 17.6 Å². The van der Waals surface area contributed by atoms with Gasteiger partial charge in [0.25, 0.3) is 0 Å². The maximum absolute atomic E-state index is 13.1. The first-order valence-electron chi connectivity index (χ1n) is 9.81. The van der Waals surface area contributed by atoms with Gasteiger partial charge in [-0.15, -0.1) is 0 Å². The van der Waals surface area contributed by atoms with E-state index in [4.69, 9.17) is 0 Å². The minimum atomic E-state index is -3.69. The number of urea groups is 1. The van der Waals surface area contributed by atoms with E-state index >= 15 is 0 Å². The van der Waals surface area contributed by atoms with Crippen molar-refractivity contribution in [2.45, 2.75) is 23.8 Å². The van der Waals surface area contributed by atoms with Gasteiger partial charge in [0, 0.05) is 26.2 Å². The Morgan fingerprint density at radius 2 is 1.59 bits per heavy atom. The number of piperazine rings is 1. The lowest BCUT2D eigenvalue weighted by atomic mass is 10.0. The SMILES string of the molecule is O=C(N[C@@H](c1ccccc1)C1CC1)N1CCN(S(=O)(=O)c2ccc(F)cc2)CC1. The minimum absolute atomic E-state index is 0.00956. The maximum atomic E-state index is 13.1. The van der Waals surface area contributed by atoms with Gasteiger partial charge in [-0.2, -0.15) is 4.31 Å². The van der Waals surface area contributed by atoms with E-state index in [1.807, 2.05) is 30.3 Å². The number of hydrogen-bond acceptors (Lipinski definition) is 3. The molecule has 2 amide bonds. The van der Waals surface area contributed by atoms with Gasteiger partial charge in [-0.3, -0.25) is 0 Å². The molecule has 154 valence electrons. The molecule has 1 aliphatic carbocycles. The summed E-state index contributed by atoms with van der Waals surface area (Å²) < 4.78 is 39.9. The minimum Gasteiger partial charge on any atom is -0.331 e. The fourth-order valence-electron chi connectivity index (χ4n) is 3.67. The Kier molecular flexibility index (Phi) is 5.56. The highest BCUT2D eigenvalue weighted by molar-refractivity contribution is 7.89. The number of halogens is 1. The summed E-state index contributed by atoms with van der Waals surface area (Å²) in [6, 6.07) is 14.6. The molecule has 2 aromatic carbocycles. The molecular formula is C21H24FN3O3S. The molecule has 2 fully saturated rings. The van der Waals surface area contributed by atoms with Gasteiger partial charge >= 0.3 is 6.03 Å². The number of carbonyl (C=O) groups excluding carboxylic acids is 1. The van der Waals surface area contributed by atoms with Crippen molar-refractivity contribution in [1.29, 1.82) is 0 Å². The quantitative estimate of drug-likeness (QED) is 0.813. The predicted molar refractivity (Wildman–Crippen MR) is 107 cm³/mol. The number of amides is 2. The van der Waals surface area contributed by atoms with E-state index in [-0.39, 0.29) is 30.1 Å². The molecule has 0 unspecified atom stereocenters. The second-order valence-electron chi connectivity index (χ2n) is 7.52. The molecule has 0 spiro atoms. The summed E-state index contributed by atoms with van der Waals surface area (Å²) in [5, 5.41) is 3.13. The largest absolute Gasteiger partial charge is 0.331 e. The van der Waals surface area contributed by atoms with Gasteiger partial charge in [0.2, 0.25) is 10.0 Å². The number of nitrogens with one attached hydrogen (secondary N) is 1. The fraction of sp³-hybridized carbons (Fsp3) is 0.381. The zero-order valence-electron chi connectivity index (χ0n) is 16.0. The summed E-state index contributed by atoms with van der Waals surface area (Å²) >= 11 is 0. The van der Waals surface area contributed by atoms with Crippen LogP contribution in [0.4, 0.5) is 9.18 Å². The smallest absolute Gasteiger partial charge is 0.317 e. The van der Waals surface area contributed by atoms with Crippen LogP contribution in [0.5, 0.6) is 0 Å². The molecule has 0 aromatic heterocycles. The van der Waals surface area contributed by atoms with Crippen LogP contribution in [0.2, 0.25) is 0 Å². The van der Waals surface area contributed by atoms with E-state index in [1.165, 1.54) is 16.4 Å². The fourth-order valence-corrected chi connectivity index (χ4v) is 5.10. The molecule has 1 atom stereocenters. The van der Waals surface area contributed by atoms with Gasteiger partial charge in [0.1, 0.15) is 5.82 Å². The number of carbonyl (C=O) groups is 1. The summed E-state index contributed by atoms with van der Waals surface area (Å²) in [4.78, 5) is 14.5. The highest BCUT2D eigenvalue weighted by atomic mass is 32.2. The van der Waals surface area contributed by atoms with Crippen molar-refractivity contribution in [3.8, 4) is 0 Å². The zero-order chi connectivity index (χ0) is 20.4. The van der Waals surface area contributed by atoms with Gasteiger partial charge in [0.05, 0.1) is 10.9 Å². The molecule has 29 heavy (non-hydrogen) atoms. The Morgan fingerprint density at radius 1 is 0.966 bits per heavy atom. The topological polar surface area (TPSA) is 69.7 Å². The molecule has 1 N–H and O–H groups in total. The number of nitrogens with zero attached hydrogens (tertiary/aromatic N) is 2. The van der Waals surface area contributed by atoms with Crippen LogP contribution in [0.15, 0.2) is 59.5 Å². The Morgan fingerprint density at radius 3 is 2.17 bits per heavy atom. The van der Waals surface area contributed by atoms with Crippen molar-refractivity contribution in [1.82, 2.24) is 14.5 Å². The highest BCUT2D eigenvalue weighted by Gasteiger charge is 2.35. The first-order chi connectivity index (χ1) is 13.9. The van der Waals surface area contributed by atoms with Crippen LogP contribution in [0.1, 0.15) is 24.4 Å². The summed E-state index contributed by atoms with van der Waals surface area (Å²) in [6.45, 7) is 1.07. The molecule has 1 heterocycles. The van der Waals surface area contributed by atoms with E-state index in [0.717, 1.165) is 30.5 Å². The second kappa shape index (κ2) is 8.12. The van der Waals surface area contributed by atoms with Gasteiger partial charge in [0.15, 0.2) is 0 Å². The highest BCUT2D eigenvalue weighted by Crippen LogP contribution is 2.41. The van der Waals surface area contributed by atoms with E-state index in [9.17, 15) is 17.6 Å². The molecule has 6 nitrogen and oxygen atoms in total. The maximum Gasteiger partial charge on any atom is 0.317 e. The summed E-state index contributed by atoms with van der Waals surface area (Å²) in [6.07, 6.45) is 2.20. The summed E-state index contributed by atoms with van der Waals surface area (Å²) in [5.41, 5.74) is 1.10. The molecule has 0 radical (unpaired) electrons. The van der Waals surface area contributed by atoms with Crippen molar-refractivity contribution >= 4 is 16.1 Å². The standard InChI is InChI=1S/C21H24FN3O3S/c22-18-8-10-19(11-9-18)29(27,28)25-14-12-24(13-15-25)21(26)23-20(17-6-7-17)16-4-2-1-3-5-16/h1-5,8-11,17,20H,6-7,12-15H2,(H,23,26)/t20-/m0/s1. The van der Waals surface area contributed by atoms with Crippen LogP contribution in [0, 0.1) is 11.7 Å². The van der Waals surface area contributed by atoms with E-state index < -0.39 is 15.8 Å². The van der Waals surface area contributed by atoms with Crippen LogP contribution in [0.25, 0.3) is 0 Å². The third-order valence-electron chi connectivity index (χ3n) is 5.51. The Balaban J connectivity index is 1.37. The van der Waals surface area contributed by atoms with Gasteiger partial charge in [-0.1, -0.05) is 30.3 Å². The van der Waals surface area contributed by atoms with Gasteiger partial charge in [-0.05, 0) is 48.6 Å². The van der Waals surface area contributed by atoms with Crippen LogP contribution in [0.3, 0.4) is 0 Å². The van der Waals surface area contributed by atoms with Gasteiger partial charge < -0.3 is 10.2 Å². The average molecular weight is 418 g/mol. The van der Waals surface area contributed by atoms with Crippen LogP contribution in [-0.4, -0.2) is 49.8 Å². The lowest BCUT2D eigenvalue weighted by Gasteiger charge is -2.35. The third-order valence-corrected chi connectivity index (χ3v) is 7.42. The lowest BCUT2D eigenvalue weighted by molar-refractivity contribution is 0.167.